The number of hydrogen-bond donors (Lipinski definition) is 1. The molecule has 0 aromatic heterocycles. The van der Waals surface area contributed by atoms with Gasteiger partial charge in [0.25, 0.3) is 0 Å². The molecule has 1 N–H and O–H groups in total. The van der Waals surface area contributed by atoms with Crippen molar-refractivity contribution >= 4 is 5.91 Å². The second-order valence-electron chi connectivity index (χ2n) is 5.41. The Morgan fingerprint density at radius 1 is 1.43 bits per heavy atom. The van der Waals surface area contributed by atoms with Gasteiger partial charge in [-0.3, -0.25) is 4.79 Å². The average Bonchev–Trinajstić information content (AvgIpc) is 2.53. The summed E-state index contributed by atoms with van der Waals surface area (Å²) in [6.45, 7) is 3.95. The molecule has 4 nitrogen and oxygen atoms in total. The molecule has 0 saturated carbocycles. The lowest BCUT2D eigenvalue weighted by molar-refractivity contribution is -0.133. The van der Waals surface area contributed by atoms with Crippen LogP contribution in [-0.2, 0) is 11.3 Å². The van der Waals surface area contributed by atoms with Crippen LogP contribution in [0.5, 0.6) is 0 Å². The van der Waals surface area contributed by atoms with E-state index in [9.17, 15) is 9.18 Å². The minimum atomic E-state index is -0.515. The first-order chi connectivity index (χ1) is 10.1. The highest BCUT2D eigenvalue weighted by molar-refractivity contribution is 5.81. The topological polar surface area (TPSA) is 56.1 Å². The lowest BCUT2D eigenvalue weighted by Gasteiger charge is -2.29. The highest BCUT2D eigenvalue weighted by atomic mass is 19.1. The molecule has 1 atom stereocenters. The van der Waals surface area contributed by atoms with Crippen LogP contribution < -0.4 is 5.32 Å². The first-order valence-corrected chi connectivity index (χ1v) is 7.32. The van der Waals surface area contributed by atoms with Gasteiger partial charge in [-0.15, -0.1) is 0 Å². The summed E-state index contributed by atoms with van der Waals surface area (Å²) in [5.41, 5.74) is 0.829. The van der Waals surface area contributed by atoms with Crippen molar-refractivity contribution in [1.29, 1.82) is 5.26 Å². The van der Waals surface area contributed by atoms with E-state index in [1.54, 1.807) is 6.07 Å². The predicted molar refractivity (Wildman–Crippen MR) is 77.8 cm³/mol. The van der Waals surface area contributed by atoms with E-state index in [1.807, 2.05) is 17.9 Å². The lowest BCUT2D eigenvalue weighted by Crippen LogP contribution is -2.46. The normalized spacial score (nSPS) is 16.3. The number of benzene rings is 1. The van der Waals surface area contributed by atoms with Gasteiger partial charge in [0.2, 0.25) is 5.91 Å². The van der Waals surface area contributed by atoms with Crippen LogP contribution in [0.1, 0.15) is 37.3 Å². The monoisotopic (exact) mass is 289 g/mol. The molecule has 0 radical (unpaired) electrons. The Morgan fingerprint density at radius 3 is 2.81 bits per heavy atom. The molecule has 1 aromatic rings. The molecule has 112 valence electrons. The number of nitriles is 1. The fourth-order valence-corrected chi connectivity index (χ4v) is 2.51. The average molecular weight is 289 g/mol. The summed E-state index contributed by atoms with van der Waals surface area (Å²) in [5, 5.41) is 12.0. The minimum absolute atomic E-state index is 0.0318. The molecule has 0 bridgehead atoms. The Bertz CT molecular complexity index is 547. The fourth-order valence-electron chi connectivity index (χ4n) is 2.51. The molecule has 0 aliphatic carbocycles. The molecule has 5 heteroatoms. The summed E-state index contributed by atoms with van der Waals surface area (Å²) in [6, 6.07) is 5.97. The molecule has 1 amide bonds. The summed E-state index contributed by atoms with van der Waals surface area (Å²) in [5.74, 6) is -0.406. The summed E-state index contributed by atoms with van der Waals surface area (Å²) in [4.78, 5) is 14.1. The van der Waals surface area contributed by atoms with Crippen molar-refractivity contribution in [1.82, 2.24) is 10.2 Å². The maximum absolute atomic E-state index is 13.2. The Labute approximate surface area is 124 Å². The first kappa shape index (κ1) is 15.5. The van der Waals surface area contributed by atoms with E-state index in [4.69, 9.17) is 5.26 Å². The SMILES string of the molecule is CC(NCc1ccc(F)c(C#N)c1)C(=O)N1CCCCC1. The van der Waals surface area contributed by atoms with Gasteiger partial charge in [-0.25, -0.2) is 4.39 Å². The van der Waals surface area contributed by atoms with Gasteiger partial charge in [0.15, 0.2) is 0 Å². The van der Waals surface area contributed by atoms with Crippen LogP contribution in [0.25, 0.3) is 0 Å². The van der Waals surface area contributed by atoms with E-state index >= 15 is 0 Å². The van der Waals surface area contributed by atoms with E-state index in [-0.39, 0.29) is 17.5 Å². The van der Waals surface area contributed by atoms with E-state index in [0.29, 0.717) is 6.54 Å². The molecule has 2 rings (SSSR count). The molecule has 1 aliphatic heterocycles. The van der Waals surface area contributed by atoms with Gasteiger partial charge < -0.3 is 10.2 Å². The molecule has 1 unspecified atom stereocenters. The van der Waals surface area contributed by atoms with E-state index < -0.39 is 5.82 Å². The molecule has 0 spiro atoms. The van der Waals surface area contributed by atoms with Crippen molar-refractivity contribution in [3.63, 3.8) is 0 Å². The molecule has 1 aliphatic rings. The number of carbonyl (C=O) groups excluding carboxylic acids is 1. The first-order valence-electron chi connectivity index (χ1n) is 7.32. The maximum atomic E-state index is 13.2. The van der Waals surface area contributed by atoms with Gasteiger partial charge in [0, 0.05) is 19.6 Å². The van der Waals surface area contributed by atoms with Crippen molar-refractivity contribution in [3.05, 3.63) is 35.1 Å². The van der Waals surface area contributed by atoms with Gasteiger partial charge in [-0.1, -0.05) is 6.07 Å². The van der Waals surface area contributed by atoms with Crippen LogP contribution in [0.4, 0.5) is 4.39 Å². The largest absolute Gasteiger partial charge is 0.341 e. The fraction of sp³-hybridized carbons (Fsp3) is 0.500. The number of halogens is 1. The number of amides is 1. The van der Waals surface area contributed by atoms with Gasteiger partial charge in [0.05, 0.1) is 11.6 Å². The number of nitrogens with one attached hydrogen (secondary N) is 1. The number of likely N-dealkylation sites (tertiary alicyclic amines) is 1. The van der Waals surface area contributed by atoms with Gasteiger partial charge in [-0.2, -0.15) is 5.26 Å². The zero-order valence-electron chi connectivity index (χ0n) is 12.2. The van der Waals surface area contributed by atoms with Gasteiger partial charge in [-0.05, 0) is 43.9 Å². The maximum Gasteiger partial charge on any atom is 0.239 e. The van der Waals surface area contributed by atoms with Gasteiger partial charge in [0.1, 0.15) is 11.9 Å². The molecular formula is C16H20FN3O. The molecule has 1 saturated heterocycles. The highest BCUT2D eigenvalue weighted by Crippen LogP contribution is 2.12. The minimum Gasteiger partial charge on any atom is -0.341 e. The second kappa shape index (κ2) is 7.19. The summed E-state index contributed by atoms with van der Waals surface area (Å²) in [7, 11) is 0. The third-order valence-corrected chi connectivity index (χ3v) is 3.80. The van der Waals surface area contributed by atoms with Crippen LogP contribution >= 0.6 is 0 Å². The van der Waals surface area contributed by atoms with Crippen LogP contribution in [0.15, 0.2) is 18.2 Å². The smallest absolute Gasteiger partial charge is 0.239 e. The summed E-state index contributed by atoms with van der Waals surface area (Å²) >= 11 is 0. The van der Waals surface area contributed by atoms with Crippen molar-refractivity contribution in [3.8, 4) is 6.07 Å². The zero-order valence-corrected chi connectivity index (χ0v) is 12.2. The number of hydrogen-bond acceptors (Lipinski definition) is 3. The number of piperidine rings is 1. The summed E-state index contributed by atoms with van der Waals surface area (Å²) < 4.78 is 13.2. The Balaban J connectivity index is 1.90. The lowest BCUT2D eigenvalue weighted by atomic mass is 10.1. The van der Waals surface area contributed by atoms with E-state index in [0.717, 1.165) is 31.5 Å². The quantitative estimate of drug-likeness (QED) is 0.924. The van der Waals surface area contributed by atoms with Crippen molar-refractivity contribution in [2.24, 2.45) is 0 Å². The number of rotatable bonds is 4. The second-order valence-corrected chi connectivity index (χ2v) is 5.41. The van der Waals surface area contributed by atoms with Crippen molar-refractivity contribution in [2.45, 2.75) is 38.8 Å². The Hall–Kier alpha value is -1.93. The van der Waals surface area contributed by atoms with Crippen LogP contribution in [0.2, 0.25) is 0 Å². The zero-order chi connectivity index (χ0) is 15.2. The molecule has 1 aromatic carbocycles. The third-order valence-electron chi connectivity index (χ3n) is 3.80. The highest BCUT2D eigenvalue weighted by Gasteiger charge is 2.21. The predicted octanol–water partition coefficient (Wildman–Crippen LogP) is 2.19. The Kier molecular flexibility index (Phi) is 5.29. The molecule has 21 heavy (non-hydrogen) atoms. The molecular weight excluding hydrogens is 269 g/mol. The number of carbonyl (C=O) groups is 1. The van der Waals surface area contributed by atoms with E-state index in [1.165, 1.54) is 18.6 Å². The molecule has 1 fully saturated rings. The van der Waals surface area contributed by atoms with Crippen molar-refractivity contribution < 1.29 is 9.18 Å². The van der Waals surface area contributed by atoms with Crippen molar-refractivity contribution in [2.75, 3.05) is 13.1 Å². The Morgan fingerprint density at radius 2 is 2.14 bits per heavy atom. The molecule has 1 heterocycles. The van der Waals surface area contributed by atoms with Gasteiger partial charge >= 0.3 is 0 Å². The van der Waals surface area contributed by atoms with Crippen LogP contribution in [0, 0.1) is 17.1 Å². The van der Waals surface area contributed by atoms with E-state index in [2.05, 4.69) is 5.32 Å². The van der Waals surface area contributed by atoms with Crippen LogP contribution in [-0.4, -0.2) is 29.9 Å². The standard InChI is InChI=1S/C16H20FN3O/c1-12(16(21)20-7-3-2-4-8-20)19-11-13-5-6-15(17)14(9-13)10-18/h5-6,9,12,19H,2-4,7-8,11H2,1H3. The third kappa shape index (κ3) is 4.02. The van der Waals surface area contributed by atoms with Crippen LogP contribution in [0.3, 0.4) is 0 Å². The number of nitrogens with zero attached hydrogens (tertiary/aromatic N) is 2. The summed E-state index contributed by atoms with van der Waals surface area (Å²) in [6.07, 6.45) is 3.34.